The van der Waals surface area contributed by atoms with E-state index in [0.717, 1.165) is 10.9 Å². The third kappa shape index (κ3) is 1.48. The highest BCUT2D eigenvalue weighted by Crippen LogP contribution is 2.24. The third-order valence-corrected chi connectivity index (χ3v) is 2.45. The van der Waals surface area contributed by atoms with Gasteiger partial charge in [-0.25, -0.2) is 4.39 Å². The fourth-order valence-electron chi connectivity index (χ4n) is 1.79. The fourth-order valence-corrected chi connectivity index (χ4v) is 1.79. The SMILES string of the molecule is CC(C)n1ccc2cc(F)cc(C#N)c21. The van der Waals surface area contributed by atoms with Gasteiger partial charge in [-0.3, -0.25) is 0 Å². The molecule has 0 aliphatic rings. The number of aromatic nitrogens is 1. The van der Waals surface area contributed by atoms with Crippen LogP contribution in [0, 0.1) is 17.1 Å². The van der Waals surface area contributed by atoms with Gasteiger partial charge >= 0.3 is 0 Å². The van der Waals surface area contributed by atoms with Crippen molar-refractivity contribution >= 4 is 10.9 Å². The summed E-state index contributed by atoms with van der Waals surface area (Å²) in [6.45, 7) is 4.06. The van der Waals surface area contributed by atoms with E-state index in [2.05, 4.69) is 0 Å². The van der Waals surface area contributed by atoms with Crippen molar-refractivity contribution in [2.45, 2.75) is 19.9 Å². The second-order valence-electron chi connectivity index (χ2n) is 3.82. The minimum Gasteiger partial charge on any atom is -0.344 e. The maximum absolute atomic E-state index is 13.1. The molecular weight excluding hydrogens is 191 g/mol. The molecule has 0 radical (unpaired) electrons. The summed E-state index contributed by atoms with van der Waals surface area (Å²) in [4.78, 5) is 0. The highest BCUT2D eigenvalue weighted by Gasteiger charge is 2.10. The molecular formula is C12H11FN2. The summed E-state index contributed by atoms with van der Waals surface area (Å²) in [5.74, 6) is -0.361. The summed E-state index contributed by atoms with van der Waals surface area (Å²) in [7, 11) is 0. The van der Waals surface area contributed by atoms with Crippen LogP contribution < -0.4 is 0 Å². The zero-order valence-electron chi connectivity index (χ0n) is 8.66. The fraction of sp³-hybridized carbons (Fsp3) is 0.250. The van der Waals surface area contributed by atoms with Gasteiger partial charge in [0, 0.05) is 17.6 Å². The monoisotopic (exact) mass is 202 g/mol. The minimum absolute atomic E-state index is 0.264. The van der Waals surface area contributed by atoms with Gasteiger partial charge in [0.2, 0.25) is 0 Å². The number of hydrogen-bond acceptors (Lipinski definition) is 1. The van der Waals surface area contributed by atoms with E-state index in [1.807, 2.05) is 36.7 Å². The largest absolute Gasteiger partial charge is 0.344 e. The predicted octanol–water partition coefficient (Wildman–Crippen LogP) is 3.23. The Morgan fingerprint density at radius 3 is 2.73 bits per heavy atom. The Morgan fingerprint density at radius 1 is 1.40 bits per heavy atom. The summed E-state index contributed by atoms with van der Waals surface area (Å²) < 4.78 is 15.1. The minimum atomic E-state index is -0.361. The van der Waals surface area contributed by atoms with Crippen LogP contribution in [0.15, 0.2) is 24.4 Å². The van der Waals surface area contributed by atoms with Crippen LogP contribution in [0.4, 0.5) is 4.39 Å². The molecule has 0 saturated heterocycles. The van der Waals surface area contributed by atoms with Crippen LogP contribution in [0.5, 0.6) is 0 Å². The van der Waals surface area contributed by atoms with Gasteiger partial charge in [0.1, 0.15) is 11.9 Å². The van der Waals surface area contributed by atoms with E-state index in [-0.39, 0.29) is 11.9 Å². The van der Waals surface area contributed by atoms with Crippen LogP contribution in [0.1, 0.15) is 25.5 Å². The predicted molar refractivity (Wildman–Crippen MR) is 57.0 cm³/mol. The first-order valence-corrected chi connectivity index (χ1v) is 4.83. The summed E-state index contributed by atoms with van der Waals surface area (Å²) in [5, 5.41) is 9.73. The van der Waals surface area contributed by atoms with E-state index in [1.54, 1.807) is 0 Å². The molecule has 15 heavy (non-hydrogen) atoms. The number of fused-ring (bicyclic) bond motifs is 1. The molecule has 0 unspecified atom stereocenters. The topological polar surface area (TPSA) is 28.7 Å². The number of benzene rings is 1. The molecule has 1 heterocycles. The van der Waals surface area contributed by atoms with Crippen LogP contribution in [-0.2, 0) is 0 Å². The van der Waals surface area contributed by atoms with Crippen molar-refractivity contribution < 1.29 is 4.39 Å². The van der Waals surface area contributed by atoms with Crippen molar-refractivity contribution in [3.63, 3.8) is 0 Å². The summed E-state index contributed by atoms with van der Waals surface area (Å²) in [6, 6.07) is 6.86. The molecule has 2 rings (SSSR count). The van der Waals surface area contributed by atoms with E-state index in [1.165, 1.54) is 12.1 Å². The van der Waals surface area contributed by atoms with Gasteiger partial charge in [-0.15, -0.1) is 0 Å². The van der Waals surface area contributed by atoms with Gasteiger partial charge in [-0.2, -0.15) is 5.26 Å². The quantitative estimate of drug-likeness (QED) is 0.697. The Labute approximate surface area is 87.6 Å². The zero-order valence-corrected chi connectivity index (χ0v) is 8.66. The van der Waals surface area contributed by atoms with Crippen LogP contribution in [0.3, 0.4) is 0 Å². The summed E-state index contributed by atoms with van der Waals surface area (Å²) >= 11 is 0. The Morgan fingerprint density at radius 2 is 2.13 bits per heavy atom. The zero-order chi connectivity index (χ0) is 11.0. The molecule has 0 aliphatic carbocycles. The van der Waals surface area contributed by atoms with E-state index < -0.39 is 0 Å². The number of halogens is 1. The lowest BCUT2D eigenvalue weighted by molar-refractivity contribution is 0.618. The van der Waals surface area contributed by atoms with Crippen LogP contribution >= 0.6 is 0 Å². The molecule has 3 heteroatoms. The molecule has 0 atom stereocenters. The Balaban J connectivity index is 2.85. The van der Waals surface area contributed by atoms with Gasteiger partial charge in [-0.1, -0.05) is 0 Å². The lowest BCUT2D eigenvalue weighted by Crippen LogP contribution is -1.99. The first-order chi connectivity index (χ1) is 7.13. The van der Waals surface area contributed by atoms with Crippen molar-refractivity contribution in [1.29, 1.82) is 5.26 Å². The second kappa shape index (κ2) is 3.39. The smallest absolute Gasteiger partial charge is 0.125 e. The van der Waals surface area contributed by atoms with Crippen molar-refractivity contribution in [3.05, 3.63) is 35.8 Å². The molecule has 0 bridgehead atoms. The van der Waals surface area contributed by atoms with Crippen molar-refractivity contribution in [3.8, 4) is 6.07 Å². The number of rotatable bonds is 1. The maximum atomic E-state index is 13.1. The molecule has 0 saturated carbocycles. The van der Waals surface area contributed by atoms with E-state index in [0.29, 0.717) is 5.56 Å². The Bertz CT molecular complexity index is 546. The summed E-state index contributed by atoms with van der Waals surface area (Å²) in [6.07, 6.45) is 1.88. The van der Waals surface area contributed by atoms with Gasteiger partial charge < -0.3 is 4.57 Å². The number of nitriles is 1. The van der Waals surface area contributed by atoms with E-state index >= 15 is 0 Å². The van der Waals surface area contributed by atoms with Crippen molar-refractivity contribution in [1.82, 2.24) is 4.57 Å². The highest BCUT2D eigenvalue weighted by molar-refractivity contribution is 5.85. The highest BCUT2D eigenvalue weighted by atomic mass is 19.1. The van der Waals surface area contributed by atoms with Gasteiger partial charge in [0.25, 0.3) is 0 Å². The molecule has 0 spiro atoms. The average molecular weight is 202 g/mol. The Hall–Kier alpha value is -1.82. The molecule has 0 fully saturated rings. The molecule has 2 aromatic rings. The Kier molecular flexibility index (Phi) is 2.20. The van der Waals surface area contributed by atoms with Gasteiger partial charge in [0.15, 0.2) is 0 Å². The maximum Gasteiger partial charge on any atom is 0.125 e. The summed E-state index contributed by atoms with van der Waals surface area (Å²) in [5.41, 5.74) is 1.21. The molecule has 1 aromatic heterocycles. The first kappa shape index (κ1) is 9.72. The third-order valence-electron chi connectivity index (χ3n) is 2.45. The first-order valence-electron chi connectivity index (χ1n) is 4.83. The molecule has 76 valence electrons. The molecule has 0 aliphatic heterocycles. The van der Waals surface area contributed by atoms with E-state index in [9.17, 15) is 4.39 Å². The van der Waals surface area contributed by atoms with Crippen molar-refractivity contribution in [2.24, 2.45) is 0 Å². The van der Waals surface area contributed by atoms with Crippen LogP contribution in [0.2, 0.25) is 0 Å². The van der Waals surface area contributed by atoms with Crippen LogP contribution in [0.25, 0.3) is 10.9 Å². The average Bonchev–Trinajstić information content (AvgIpc) is 2.59. The number of hydrogen-bond donors (Lipinski definition) is 0. The lowest BCUT2D eigenvalue weighted by atomic mass is 10.1. The molecule has 0 amide bonds. The molecule has 0 N–H and O–H groups in total. The standard InChI is InChI=1S/C12H11FN2/c1-8(2)15-4-3-9-5-11(13)6-10(7-14)12(9)15/h3-6,8H,1-2H3. The van der Waals surface area contributed by atoms with Crippen molar-refractivity contribution in [2.75, 3.05) is 0 Å². The number of nitrogens with zero attached hydrogens (tertiary/aromatic N) is 2. The lowest BCUT2D eigenvalue weighted by Gasteiger charge is -2.10. The van der Waals surface area contributed by atoms with Gasteiger partial charge in [0.05, 0.1) is 11.1 Å². The van der Waals surface area contributed by atoms with Crippen LogP contribution in [-0.4, -0.2) is 4.57 Å². The second-order valence-corrected chi connectivity index (χ2v) is 3.82. The van der Waals surface area contributed by atoms with Gasteiger partial charge in [-0.05, 0) is 32.0 Å². The van der Waals surface area contributed by atoms with E-state index in [4.69, 9.17) is 5.26 Å². The normalized spacial score (nSPS) is 10.9. The molecule has 2 nitrogen and oxygen atoms in total. The molecule has 1 aromatic carbocycles.